The Kier molecular flexibility index (Phi) is 5.61. The summed E-state index contributed by atoms with van der Waals surface area (Å²) in [5.74, 6) is 2.20. The number of benzene rings is 2. The molecule has 0 radical (unpaired) electrons. The molecule has 1 amide bonds. The molecule has 3 heterocycles. The molecule has 2 N–H and O–H groups in total. The summed E-state index contributed by atoms with van der Waals surface area (Å²) in [7, 11) is 0. The number of carbonyl (C=O) groups excluding carboxylic acids is 1. The summed E-state index contributed by atoms with van der Waals surface area (Å²) in [6.45, 7) is 8.11. The fraction of sp³-hybridized carbons (Fsp3) is 0.519. The number of piperidine rings is 2. The van der Waals surface area contributed by atoms with Crippen molar-refractivity contribution in [3.8, 4) is 0 Å². The van der Waals surface area contributed by atoms with E-state index < -0.39 is 5.54 Å². The third kappa shape index (κ3) is 3.81. The first-order valence-electron chi connectivity index (χ1n) is 11.9. The highest BCUT2D eigenvalue weighted by molar-refractivity contribution is 5.87. The molecule has 4 aliphatic rings. The van der Waals surface area contributed by atoms with Gasteiger partial charge in [0.25, 0.3) is 0 Å². The number of carbonyl (C=O) groups is 1. The Morgan fingerprint density at radius 1 is 1.10 bits per heavy atom. The number of hydrogen-bond donors (Lipinski definition) is 2. The lowest BCUT2D eigenvalue weighted by molar-refractivity contribution is -0.138. The highest BCUT2D eigenvalue weighted by atomic mass is 16.2. The van der Waals surface area contributed by atoms with Crippen LogP contribution in [0.15, 0.2) is 60.7 Å². The Bertz CT molecular complexity index is 899. The van der Waals surface area contributed by atoms with Crippen LogP contribution in [-0.4, -0.2) is 42.0 Å². The third-order valence-electron chi connectivity index (χ3n) is 7.82. The number of amides is 1. The van der Waals surface area contributed by atoms with Crippen LogP contribution in [0.1, 0.15) is 31.4 Å². The molecule has 2 aromatic carbocycles. The van der Waals surface area contributed by atoms with Crippen molar-refractivity contribution in [1.29, 1.82) is 0 Å². The van der Waals surface area contributed by atoms with Crippen LogP contribution in [0.5, 0.6) is 0 Å². The van der Waals surface area contributed by atoms with Gasteiger partial charge in [-0.05, 0) is 41.7 Å². The minimum Gasteiger partial charge on any atom is -0.354 e. The van der Waals surface area contributed by atoms with Gasteiger partial charge in [0, 0.05) is 38.1 Å². The normalized spacial score (nSPS) is 31.8. The minimum absolute atomic E-state index is 0.219. The van der Waals surface area contributed by atoms with E-state index in [4.69, 9.17) is 0 Å². The quantitative estimate of drug-likeness (QED) is 0.725. The van der Waals surface area contributed by atoms with Gasteiger partial charge in [0.05, 0.1) is 0 Å². The summed E-state index contributed by atoms with van der Waals surface area (Å²) in [5, 5.41) is 7.07. The maximum absolute atomic E-state index is 13.7. The van der Waals surface area contributed by atoms with Crippen molar-refractivity contribution in [2.24, 2.45) is 23.7 Å². The molecule has 4 heteroatoms. The zero-order valence-electron chi connectivity index (χ0n) is 18.8. The van der Waals surface area contributed by atoms with Crippen LogP contribution in [0.2, 0.25) is 0 Å². The van der Waals surface area contributed by atoms with E-state index in [0.717, 1.165) is 39.0 Å². The van der Waals surface area contributed by atoms with Crippen LogP contribution < -0.4 is 10.6 Å². The average molecular weight is 418 g/mol. The molecule has 0 spiro atoms. The molecule has 5 atom stereocenters. The van der Waals surface area contributed by atoms with Gasteiger partial charge in [-0.25, -0.2) is 0 Å². The number of fused-ring (bicyclic) bond motifs is 1. The van der Waals surface area contributed by atoms with Crippen molar-refractivity contribution in [2.75, 3.05) is 19.6 Å². The number of rotatable bonds is 7. The molecule has 1 saturated carbocycles. The maximum atomic E-state index is 13.7. The fourth-order valence-corrected chi connectivity index (χ4v) is 6.47. The van der Waals surface area contributed by atoms with Crippen molar-refractivity contribution in [2.45, 2.75) is 44.8 Å². The molecule has 4 fully saturated rings. The van der Waals surface area contributed by atoms with E-state index in [1.165, 1.54) is 11.1 Å². The topological polar surface area (TPSA) is 44.4 Å². The van der Waals surface area contributed by atoms with E-state index in [-0.39, 0.29) is 11.8 Å². The summed E-state index contributed by atoms with van der Waals surface area (Å²) >= 11 is 0. The molecular weight excluding hydrogens is 382 g/mol. The predicted molar refractivity (Wildman–Crippen MR) is 124 cm³/mol. The Balaban J connectivity index is 1.47. The Morgan fingerprint density at radius 2 is 1.77 bits per heavy atom. The van der Waals surface area contributed by atoms with Gasteiger partial charge in [-0.15, -0.1) is 0 Å². The van der Waals surface area contributed by atoms with E-state index in [9.17, 15) is 4.79 Å². The van der Waals surface area contributed by atoms with Crippen LogP contribution in [0.25, 0.3) is 0 Å². The SMILES string of the molecule is CC(C)CNC(=O)C12CC3CN(Cc4ccccc4)C(C3CN1)C2Cc1ccccc1. The Morgan fingerprint density at radius 3 is 2.45 bits per heavy atom. The van der Waals surface area contributed by atoms with E-state index in [1.807, 2.05) is 0 Å². The second-order valence-corrected chi connectivity index (χ2v) is 10.3. The average Bonchev–Trinajstić information content (AvgIpc) is 3.08. The van der Waals surface area contributed by atoms with E-state index in [1.54, 1.807) is 0 Å². The molecule has 4 bridgehead atoms. The highest BCUT2D eigenvalue weighted by Crippen LogP contribution is 2.53. The number of nitrogens with one attached hydrogen (secondary N) is 2. The van der Waals surface area contributed by atoms with Gasteiger partial charge >= 0.3 is 0 Å². The Hall–Kier alpha value is -2.17. The lowest BCUT2D eigenvalue weighted by Gasteiger charge is -2.56. The van der Waals surface area contributed by atoms with Crippen LogP contribution in [-0.2, 0) is 17.8 Å². The first kappa shape index (κ1) is 20.7. The third-order valence-corrected chi connectivity index (χ3v) is 7.82. The summed E-state index contributed by atoms with van der Waals surface area (Å²) in [4.78, 5) is 16.4. The summed E-state index contributed by atoms with van der Waals surface area (Å²) in [6, 6.07) is 22.0. The minimum atomic E-state index is -0.458. The van der Waals surface area contributed by atoms with E-state index in [0.29, 0.717) is 23.8 Å². The molecule has 6 rings (SSSR count). The first-order valence-corrected chi connectivity index (χ1v) is 11.9. The molecule has 4 nitrogen and oxygen atoms in total. The molecule has 0 aromatic heterocycles. The standard InChI is InChI=1S/C27H35N3O/c1-19(2)15-28-26(31)27-14-22-18-30(17-21-11-7-4-8-12-21)25(23(22)16-29-27)24(27)13-20-9-5-3-6-10-20/h3-12,19,22-25,29H,13-18H2,1-2H3,(H,28,31). The number of nitrogens with zero attached hydrogens (tertiary/aromatic N) is 1. The number of hydrogen-bond acceptors (Lipinski definition) is 3. The fourth-order valence-electron chi connectivity index (χ4n) is 6.47. The van der Waals surface area contributed by atoms with Gasteiger partial charge in [-0.1, -0.05) is 74.5 Å². The highest BCUT2D eigenvalue weighted by Gasteiger charge is 2.64. The van der Waals surface area contributed by atoms with Crippen molar-refractivity contribution < 1.29 is 4.79 Å². The van der Waals surface area contributed by atoms with Gasteiger partial charge in [-0.3, -0.25) is 9.69 Å². The van der Waals surface area contributed by atoms with Crippen molar-refractivity contribution in [3.05, 3.63) is 71.8 Å². The summed E-state index contributed by atoms with van der Waals surface area (Å²) in [5.41, 5.74) is 2.25. The van der Waals surface area contributed by atoms with Crippen molar-refractivity contribution in [3.63, 3.8) is 0 Å². The molecule has 3 saturated heterocycles. The molecule has 1 aliphatic carbocycles. The molecule has 164 valence electrons. The van der Waals surface area contributed by atoms with Crippen molar-refractivity contribution in [1.82, 2.24) is 15.5 Å². The van der Waals surface area contributed by atoms with Crippen LogP contribution in [0.3, 0.4) is 0 Å². The van der Waals surface area contributed by atoms with E-state index in [2.05, 4.69) is 90.0 Å². The lowest BCUT2D eigenvalue weighted by atomic mass is 9.58. The smallest absolute Gasteiger partial charge is 0.240 e. The second-order valence-electron chi connectivity index (χ2n) is 10.3. The molecule has 5 unspecified atom stereocenters. The first-order chi connectivity index (χ1) is 15.1. The molecule has 3 aliphatic heterocycles. The lowest BCUT2D eigenvalue weighted by Crippen LogP contribution is -2.74. The van der Waals surface area contributed by atoms with Gasteiger partial charge in [-0.2, -0.15) is 0 Å². The van der Waals surface area contributed by atoms with Gasteiger partial charge in [0.2, 0.25) is 5.91 Å². The summed E-state index contributed by atoms with van der Waals surface area (Å²) < 4.78 is 0. The van der Waals surface area contributed by atoms with Crippen LogP contribution in [0.4, 0.5) is 0 Å². The van der Waals surface area contributed by atoms with E-state index >= 15 is 0 Å². The largest absolute Gasteiger partial charge is 0.354 e. The zero-order chi connectivity index (χ0) is 21.4. The van der Waals surface area contributed by atoms with Gasteiger partial charge in [0.15, 0.2) is 0 Å². The van der Waals surface area contributed by atoms with Crippen molar-refractivity contribution >= 4 is 5.91 Å². The summed E-state index contributed by atoms with van der Waals surface area (Å²) in [6.07, 6.45) is 1.91. The van der Waals surface area contributed by atoms with Crippen LogP contribution in [0, 0.1) is 23.7 Å². The number of likely N-dealkylation sites (tertiary alicyclic amines) is 1. The maximum Gasteiger partial charge on any atom is 0.240 e. The Labute approximate surface area is 186 Å². The van der Waals surface area contributed by atoms with Gasteiger partial charge < -0.3 is 10.6 Å². The predicted octanol–water partition coefficient (Wildman–Crippen LogP) is 3.48. The molecular formula is C27H35N3O. The molecule has 2 aromatic rings. The second kappa shape index (κ2) is 8.40. The molecule has 31 heavy (non-hydrogen) atoms. The zero-order valence-corrected chi connectivity index (χ0v) is 18.8. The van der Waals surface area contributed by atoms with Crippen LogP contribution >= 0.6 is 0 Å². The monoisotopic (exact) mass is 417 g/mol. The van der Waals surface area contributed by atoms with Gasteiger partial charge in [0.1, 0.15) is 5.54 Å².